The van der Waals surface area contributed by atoms with Gasteiger partial charge in [0.1, 0.15) is 5.60 Å². The molecule has 2 fully saturated rings. The summed E-state index contributed by atoms with van der Waals surface area (Å²) in [6.07, 6.45) is -0.186. The molecule has 0 bridgehead atoms. The van der Waals surface area contributed by atoms with Crippen LogP contribution >= 0.6 is 0 Å². The van der Waals surface area contributed by atoms with Crippen LogP contribution in [0.1, 0.15) is 37.9 Å². The third kappa shape index (κ3) is 3.10. The van der Waals surface area contributed by atoms with Gasteiger partial charge < -0.3 is 9.64 Å². The van der Waals surface area contributed by atoms with Crippen molar-refractivity contribution in [2.45, 2.75) is 44.5 Å². The molecule has 4 heteroatoms. The molecule has 0 aromatic heterocycles. The molecule has 26 heavy (non-hydrogen) atoms. The second kappa shape index (κ2) is 6.44. The second-order valence-corrected chi connectivity index (χ2v) is 8.19. The van der Waals surface area contributed by atoms with Gasteiger partial charge in [-0.15, -0.1) is 0 Å². The van der Waals surface area contributed by atoms with E-state index in [1.165, 1.54) is 11.1 Å². The molecule has 2 aliphatic heterocycles. The van der Waals surface area contributed by atoms with Gasteiger partial charge in [-0.05, 0) is 31.9 Å². The monoisotopic (exact) mass is 350 g/mol. The van der Waals surface area contributed by atoms with Crippen molar-refractivity contribution in [3.63, 3.8) is 0 Å². The normalized spacial score (nSPS) is 22.4. The predicted octanol–water partition coefficient (Wildman–Crippen LogP) is 4.08. The van der Waals surface area contributed by atoms with Crippen LogP contribution in [0.3, 0.4) is 0 Å². The first-order chi connectivity index (χ1) is 12.4. The zero-order valence-corrected chi connectivity index (χ0v) is 15.6. The Labute approximate surface area is 155 Å². The molecule has 2 aliphatic rings. The van der Waals surface area contributed by atoms with E-state index < -0.39 is 5.60 Å². The Kier molecular flexibility index (Phi) is 4.23. The number of piperazine rings is 1. The Morgan fingerprint density at radius 1 is 0.923 bits per heavy atom. The van der Waals surface area contributed by atoms with E-state index in [1.807, 2.05) is 25.7 Å². The number of hydrogen-bond donors (Lipinski definition) is 0. The SMILES string of the molecule is CC(C)(C)OC(=O)N1C[C@@H]2C1CN2C(c1ccccc1)c1ccccc1. The quantitative estimate of drug-likeness (QED) is 0.836. The van der Waals surface area contributed by atoms with Gasteiger partial charge in [0.15, 0.2) is 0 Å². The van der Waals surface area contributed by atoms with Crippen LogP contribution in [0.25, 0.3) is 0 Å². The van der Waals surface area contributed by atoms with E-state index in [4.69, 9.17) is 4.74 Å². The van der Waals surface area contributed by atoms with Crippen molar-refractivity contribution in [3.8, 4) is 0 Å². The van der Waals surface area contributed by atoms with E-state index in [1.54, 1.807) is 0 Å². The highest BCUT2D eigenvalue weighted by Crippen LogP contribution is 2.42. The van der Waals surface area contributed by atoms with Gasteiger partial charge in [-0.3, -0.25) is 4.90 Å². The minimum absolute atomic E-state index is 0.186. The van der Waals surface area contributed by atoms with E-state index in [0.717, 1.165) is 13.1 Å². The minimum atomic E-state index is -0.442. The lowest BCUT2D eigenvalue weighted by Crippen LogP contribution is -2.80. The fourth-order valence-electron chi connectivity index (χ4n) is 3.96. The molecule has 0 spiro atoms. The van der Waals surface area contributed by atoms with Gasteiger partial charge in [0.2, 0.25) is 0 Å². The van der Waals surface area contributed by atoms with Gasteiger partial charge in [-0.25, -0.2) is 4.79 Å². The number of carbonyl (C=O) groups is 1. The average molecular weight is 350 g/mol. The topological polar surface area (TPSA) is 32.8 Å². The Balaban J connectivity index is 1.50. The number of likely N-dealkylation sites (tertiary alicyclic amines) is 2. The highest BCUT2D eigenvalue weighted by molar-refractivity contribution is 5.70. The van der Waals surface area contributed by atoms with Gasteiger partial charge in [-0.1, -0.05) is 60.7 Å². The number of fused-ring (bicyclic) bond motifs is 1. The standard InChI is InChI=1S/C22H26N2O2/c1-22(2,3)26-21(25)24-15-18-19(24)14-23(18)20(16-10-6-4-7-11-16)17-12-8-5-9-13-17/h4-13,18-20H,14-15H2,1-3H3/t18-,19?/m1/s1. The first-order valence-electron chi connectivity index (χ1n) is 9.29. The van der Waals surface area contributed by atoms with Crippen LogP contribution < -0.4 is 0 Å². The molecular formula is C22H26N2O2. The predicted molar refractivity (Wildman–Crippen MR) is 102 cm³/mol. The molecule has 0 N–H and O–H groups in total. The molecular weight excluding hydrogens is 324 g/mol. The molecule has 136 valence electrons. The molecule has 0 radical (unpaired) electrons. The first kappa shape index (κ1) is 17.1. The highest BCUT2D eigenvalue weighted by atomic mass is 16.6. The van der Waals surface area contributed by atoms with E-state index in [-0.39, 0.29) is 18.2 Å². The number of amides is 1. The lowest BCUT2D eigenvalue weighted by Gasteiger charge is -2.63. The van der Waals surface area contributed by atoms with Crippen molar-refractivity contribution in [2.75, 3.05) is 13.1 Å². The smallest absolute Gasteiger partial charge is 0.410 e. The van der Waals surface area contributed by atoms with Crippen LogP contribution in [0.5, 0.6) is 0 Å². The number of ether oxygens (including phenoxy) is 1. The molecule has 4 rings (SSSR count). The van der Waals surface area contributed by atoms with E-state index in [0.29, 0.717) is 6.04 Å². The van der Waals surface area contributed by atoms with E-state index in [2.05, 4.69) is 65.6 Å². The number of carbonyl (C=O) groups excluding carboxylic acids is 1. The molecule has 2 heterocycles. The summed E-state index contributed by atoms with van der Waals surface area (Å²) < 4.78 is 5.53. The van der Waals surface area contributed by atoms with E-state index in [9.17, 15) is 4.79 Å². The third-order valence-electron chi connectivity index (χ3n) is 5.24. The molecule has 4 nitrogen and oxygen atoms in total. The fourth-order valence-corrected chi connectivity index (χ4v) is 3.96. The van der Waals surface area contributed by atoms with Crippen molar-refractivity contribution in [3.05, 3.63) is 71.8 Å². The molecule has 2 aromatic carbocycles. The summed E-state index contributed by atoms with van der Waals surface area (Å²) in [5, 5.41) is 0. The summed E-state index contributed by atoms with van der Waals surface area (Å²) >= 11 is 0. The number of hydrogen-bond acceptors (Lipinski definition) is 3. The molecule has 0 saturated carbocycles. The summed E-state index contributed by atoms with van der Waals surface area (Å²) in [6, 6.07) is 22.2. The van der Waals surface area contributed by atoms with E-state index >= 15 is 0 Å². The molecule has 2 aromatic rings. The van der Waals surface area contributed by atoms with Crippen molar-refractivity contribution in [1.82, 2.24) is 9.80 Å². The summed E-state index contributed by atoms with van der Waals surface area (Å²) in [4.78, 5) is 16.7. The zero-order chi connectivity index (χ0) is 18.3. The summed E-state index contributed by atoms with van der Waals surface area (Å²) in [5.41, 5.74) is 2.16. The summed E-state index contributed by atoms with van der Waals surface area (Å²) in [7, 11) is 0. The van der Waals surface area contributed by atoms with Gasteiger partial charge in [0, 0.05) is 13.1 Å². The van der Waals surface area contributed by atoms with Crippen LogP contribution in [0.2, 0.25) is 0 Å². The molecule has 2 atom stereocenters. The first-order valence-corrected chi connectivity index (χ1v) is 9.29. The lowest BCUT2D eigenvalue weighted by atomic mass is 9.81. The molecule has 0 aliphatic carbocycles. The molecule has 1 amide bonds. The van der Waals surface area contributed by atoms with Gasteiger partial charge in [0.25, 0.3) is 0 Å². The maximum atomic E-state index is 12.3. The Bertz CT molecular complexity index is 730. The van der Waals surface area contributed by atoms with Crippen LogP contribution in [-0.4, -0.2) is 46.7 Å². The Hall–Kier alpha value is -2.33. The third-order valence-corrected chi connectivity index (χ3v) is 5.24. The largest absolute Gasteiger partial charge is 0.444 e. The molecule has 1 unspecified atom stereocenters. The second-order valence-electron chi connectivity index (χ2n) is 8.19. The maximum Gasteiger partial charge on any atom is 0.410 e. The van der Waals surface area contributed by atoms with Crippen LogP contribution in [0, 0.1) is 0 Å². The lowest BCUT2D eigenvalue weighted by molar-refractivity contribution is -0.132. The van der Waals surface area contributed by atoms with Crippen molar-refractivity contribution >= 4 is 6.09 Å². The molecule has 2 saturated heterocycles. The van der Waals surface area contributed by atoms with Crippen LogP contribution in [0.4, 0.5) is 4.79 Å². The van der Waals surface area contributed by atoms with Crippen molar-refractivity contribution in [2.24, 2.45) is 0 Å². The van der Waals surface area contributed by atoms with Gasteiger partial charge in [-0.2, -0.15) is 0 Å². The Morgan fingerprint density at radius 2 is 1.46 bits per heavy atom. The fraction of sp³-hybridized carbons (Fsp3) is 0.409. The maximum absolute atomic E-state index is 12.3. The van der Waals surface area contributed by atoms with Crippen molar-refractivity contribution < 1.29 is 9.53 Å². The number of rotatable bonds is 3. The summed E-state index contributed by atoms with van der Waals surface area (Å²) in [5.74, 6) is 0. The number of nitrogens with zero attached hydrogens (tertiary/aromatic N) is 2. The number of benzene rings is 2. The zero-order valence-electron chi connectivity index (χ0n) is 15.6. The van der Waals surface area contributed by atoms with Crippen LogP contribution in [-0.2, 0) is 4.74 Å². The Morgan fingerprint density at radius 3 is 1.88 bits per heavy atom. The highest BCUT2D eigenvalue weighted by Gasteiger charge is 2.56. The summed E-state index contributed by atoms with van der Waals surface area (Å²) in [6.45, 7) is 7.37. The van der Waals surface area contributed by atoms with Gasteiger partial charge in [0.05, 0.1) is 18.1 Å². The van der Waals surface area contributed by atoms with Gasteiger partial charge >= 0.3 is 6.09 Å². The average Bonchev–Trinajstić information content (AvgIpc) is 2.59. The van der Waals surface area contributed by atoms with Crippen molar-refractivity contribution in [1.29, 1.82) is 0 Å². The van der Waals surface area contributed by atoms with Crippen LogP contribution in [0.15, 0.2) is 60.7 Å². The minimum Gasteiger partial charge on any atom is -0.444 e.